The molecule has 0 unspecified atom stereocenters. The summed E-state index contributed by atoms with van der Waals surface area (Å²) >= 11 is 1.31. The van der Waals surface area contributed by atoms with Crippen molar-refractivity contribution in [3.05, 3.63) is 45.9 Å². The Balaban J connectivity index is 2.30. The first-order valence-corrected chi connectivity index (χ1v) is 7.01. The average molecular weight is 286 g/mol. The molecule has 2 rings (SSSR count). The molecule has 0 aliphatic carbocycles. The van der Waals surface area contributed by atoms with Gasteiger partial charge in [-0.05, 0) is 24.6 Å². The number of hydrogen-bond acceptors (Lipinski definition) is 5. The Hall–Kier alpha value is -2.26. The third-order valence-electron chi connectivity index (χ3n) is 2.64. The fraction of sp³-hybridized carbons (Fsp3) is 0.214. The van der Waals surface area contributed by atoms with Crippen LogP contribution in [0.15, 0.2) is 39.1 Å². The van der Waals surface area contributed by atoms with Crippen LogP contribution < -0.4 is 11.3 Å². The Labute approximate surface area is 120 Å². The molecule has 0 spiro atoms. The molecule has 2 aromatic rings. The first-order chi connectivity index (χ1) is 9.62. The molecule has 5 nitrogen and oxygen atoms in total. The van der Waals surface area contributed by atoms with Crippen molar-refractivity contribution in [1.29, 1.82) is 5.26 Å². The number of nitriles is 1. The van der Waals surface area contributed by atoms with Crippen LogP contribution in [0.1, 0.15) is 24.6 Å². The second-order valence-electron chi connectivity index (χ2n) is 4.25. The lowest BCUT2D eigenvalue weighted by Gasteiger charge is -2.04. The van der Waals surface area contributed by atoms with Gasteiger partial charge >= 0.3 is 0 Å². The number of aromatic amines is 1. The molecule has 0 fully saturated rings. The maximum Gasteiger partial charge on any atom is 0.251 e. The van der Waals surface area contributed by atoms with E-state index in [1.54, 1.807) is 18.2 Å². The molecule has 0 atom stereocenters. The number of nitrogen functional groups attached to an aromatic ring is 1. The molecule has 0 amide bonds. The minimum absolute atomic E-state index is 0.165. The maximum atomic E-state index is 11.6. The van der Waals surface area contributed by atoms with Gasteiger partial charge < -0.3 is 10.7 Å². The third kappa shape index (κ3) is 3.39. The number of rotatable bonds is 4. The smallest absolute Gasteiger partial charge is 0.251 e. The number of aromatic nitrogens is 2. The van der Waals surface area contributed by atoms with Crippen molar-refractivity contribution in [3.8, 4) is 6.07 Å². The number of nitrogens with zero attached hydrogens (tertiary/aromatic N) is 2. The molecule has 0 saturated carbocycles. The number of benzene rings is 1. The van der Waals surface area contributed by atoms with Crippen LogP contribution >= 0.6 is 11.8 Å². The van der Waals surface area contributed by atoms with E-state index in [2.05, 4.69) is 9.97 Å². The second-order valence-corrected chi connectivity index (χ2v) is 5.32. The number of H-pyrrole nitrogens is 1. The quantitative estimate of drug-likeness (QED) is 0.664. The van der Waals surface area contributed by atoms with Crippen molar-refractivity contribution in [1.82, 2.24) is 9.97 Å². The van der Waals surface area contributed by atoms with Gasteiger partial charge in [0.15, 0.2) is 5.16 Å². The topological polar surface area (TPSA) is 95.6 Å². The number of anilines is 1. The Morgan fingerprint density at radius 3 is 2.95 bits per heavy atom. The molecule has 1 aromatic carbocycles. The highest BCUT2D eigenvalue weighted by Crippen LogP contribution is 2.26. The normalized spacial score (nSPS) is 10.2. The van der Waals surface area contributed by atoms with Gasteiger partial charge in [-0.25, -0.2) is 4.98 Å². The van der Waals surface area contributed by atoms with Crippen molar-refractivity contribution in [2.45, 2.75) is 29.8 Å². The van der Waals surface area contributed by atoms with E-state index in [-0.39, 0.29) is 5.56 Å². The zero-order valence-electron chi connectivity index (χ0n) is 11.0. The SMILES string of the molecule is CCCc1cc(=O)[nH]c(Sc2ccc(N)c(C#N)c2)n1. The van der Waals surface area contributed by atoms with Gasteiger partial charge in [-0.3, -0.25) is 4.79 Å². The summed E-state index contributed by atoms with van der Waals surface area (Å²) in [5, 5.41) is 9.48. The van der Waals surface area contributed by atoms with Crippen LogP contribution in [0.4, 0.5) is 5.69 Å². The van der Waals surface area contributed by atoms with Gasteiger partial charge in [0.2, 0.25) is 0 Å². The van der Waals surface area contributed by atoms with E-state index < -0.39 is 0 Å². The van der Waals surface area contributed by atoms with Crippen LogP contribution in [-0.2, 0) is 6.42 Å². The summed E-state index contributed by atoms with van der Waals surface area (Å²) in [4.78, 5) is 19.5. The molecule has 6 heteroatoms. The van der Waals surface area contributed by atoms with Gasteiger partial charge in [-0.15, -0.1) is 0 Å². The first kappa shape index (κ1) is 14.2. The lowest BCUT2D eigenvalue weighted by atomic mass is 10.2. The fourth-order valence-corrected chi connectivity index (χ4v) is 2.57. The zero-order valence-corrected chi connectivity index (χ0v) is 11.8. The van der Waals surface area contributed by atoms with Crippen LogP contribution in [-0.4, -0.2) is 9.97 Å². The minimum Gasteiger partial charge on any atom is -0.398 e. The summed E-state index contributed by atoms with van der Waals surface area (Å²) in [5.41, 5.74) is 7.15. The Kier molecular flexibility index (Phi) is 4.43. The molecule has 1 aromatic heterocycles. The predicted molar refractivity (Wildman–Crippen MR) is 78.5 cm³/mol. The monoisotopic (exact) mass is 286 g/mol. The van der Waals surface area contributed by atoms with E-state index in [0.717, 1.165) is 23.4 Å². The number of aryl methyl sites for hydroxylation is 1. The molecule has 0 aliphatic rings. The average Bonchev–Trinajstić information content (AvgIpc) is 2.40. The van der Waals surface area contributed by atoms with Crippen LogP contribution in [0.25, 0.3) is 0 Å². The molecular weight excluding hydrogens is 272 g/mol. The van der Waals surface area contributed by atoms with Crippen molar-refractivity contribution in [3.63, 3.8) is 0 Å². The van der Waals surface area contributed by atoms with E-state index in [0.29, 0.717) is 16.4 Å². The summed E-state index contributed by atoms with van der Waals surface area (Å²) in [6.07, 6.45) is 1.70. The molecule has 0 bridgehead atoms. The van der Waals surface area contributed by atoms with Crippen LogP contribution in [0.3, 0.4) is 0 Å². The van der Waals surface area contributed by atoms with Gasteiger partial charge in [0.25, 0.3) is 5.56 Å². The van der Waals surface area contributed by atoms with Gasteiger partial charge in [0.1, 0.15) is 6.07 Å². The highest BCUT2D eigenvalue weighted by Gasteiger charge is 2.06. The number of hydrogen-bond donors (Lipinski definition) is 2. The van der Waals surface area contributed by atoms with Crippen molar-refractivity contribution in [2.24, 2.45) is 0 Å². The van der Waals surface area contributed by atoms with E-state index in [1.807, 2.05) is 13.0 Å². The molecule has 3 N–H and O–H groups in total. The molecule has 20 heavy (non-hydrogen) atoms. The summed E-state index contributed by atoms with van der Waals surface area (Å²) in [5.74, 6) is 0. The molecular formula is C14H14N4OS. The van der Waals surface area contributed by atoms with Gasteiger partial charge in [0, 0.05) is 22.3 Å². The van der Waals surface area contributed by atoms with Crippen LogP contribution in [0, 0.1) is 11.3 Å². The van der Waals surface area contributed by atoms with Crippen molar-refractivity contribution in [2.75, 3.05) is 5.73 Å². The summed E-state index contributed by atoms with van der Waals surface area (Å²) in [6, 6.07) is 8.71. The maximum absolute atomic E-state index is 11.6. The van der Waals surface area contributed by atoms with E-state index in [1.165, 1.54) is 17.8 Å². The largest absolute Gasteiger partial charge is 0.398 e. The van der Waals surface area contributed by atoms with Crippen LogP contribution in [0.2, 0.25) is 0 Å². The first-order valence-electron chi connectivity index (χ1n) is 6.20. The molecule has 102 valence electrons. The highest BCUT2D eigenvalue weighted by atomic mass is 32.2. The molecule has 0 aliphatic heterocycles. The number of nitrogens with one attached hydrogen (secondary N) is 1. The standard InChI is InChI=1S/C14H14N4OS/c1-2-3-10-7-13(19)18-14(17-10)20-11-4-5-12(16)9(6-11)8-15/h4-7H,2-3,16H2,1H3,(H,17,18,19). The van der Waals surface area contributed by atoms with E-state index in [4.69, 9.17) is 11.0 Å². The predicted octanol–water partition coefficient (Wildman–Crippen LogP) is 2.33. The highest BCUT2D eigenvalue weighted by molar-refractivity contribution is 7.99. The summed E-state index contributed by atoms with van der Waals surface area (Å²) < 4.78 is 0. The van der Waals surface area contributed by atoms with Gasteiger partial charge in [-0.2, -0.15) is 5.26 Å². The third-order valence-corrected chi connectivity index (χ3v) is 3.52. The van der Waals surface area contributed by atoms with E-state index >= 15 is 0 Å². The second kappa shape index (κ2) is 6.26. The van der Waals surface area contributed by atoms with Crippen molar-refractivity contribution < 1.29 is 0 Å². The molecule has 1 heterocycles. The van der Waals surface area contributed by atoms with Gasteiger partial charge in [-0.1, -0.05) is 25.1 Å². The van der Waals surface area contributed by atoms with Gasteiger partial charge in [0.05, 0.1) is 5.56 Å². The Morgan fingerprint density at radius 2 is 2.25 bits per heavy atom. The zero-order chi connectivity index (χ0) is 14.5. The van der Waals surface area contributed by atoms with Crippen molar-refractivity contribution >= 4 is 17.4 Å². The fourth-order valence-electron chi connectivity index (χ4n) is 1.72. The number of nitrogens with two attached hydrogens (primary N) is 1. The molecule has 0 radical (unpaired) electrons. The Bertz CT molecular complexity index is 718. The lowest BCUT2D eigenvalue weighted by Crippen LogP contribution is -2.09. The minimum atomic E-state index is -0.165. The van der Waals surface area contributed by atoms with E-state index in [9.17, 15) is 4.79 Å². The molecule has 0 saturated heterocycles. The summed E-state index contributed by atoms with van der Waals surface area (Å²) in [7, 11) is 0. The lowest BCUT2D eigenvalue weighted by molar-refractivity contribution is 0.816. The summed E-state index contributed by atoms with van der Waals surface area (Å²) in [6.45, 7) is 2.04. The van der Waals surface area contributed by atoms with Crippen LogP contribution in [0.5, 0.6) is 0 Å². The Morgan fingerprint density at radius 1 is 1.45 bits per heavy atom.